The van der Waals surface area contributed by atoms with Crippen LogP contribution in [0.4, 0.5) is 20.4 Å². The largest absolute Gasteiger partial charge is 0.382 e. The van der Waals surface area contributed by atoms with Gasteiger partial charge in [-0.3, -0.25) is 5.41 Å². The maximum atomic E-state index is 14.8. The second-order valence-corrected chi connectivity index (χ2v) is 9.54. The number of benzene rings is 1. The van der Waals surface area contributed by atoms with Crippen LogP contribution in [-0.2, 0) is 5.41 Å². The number of nitrogens with one attached hydrogen (secondary N) is 1. The van der Waals surface area contributed by atoms with Crippen LogP contribution >= 0.6 is 0 Å². The summed E-state index contributed by atoms with van der Waals surface area (Å²) in [6.07, 6.45) is 6.39. The Bertz CT molecular complexity index is 1460. The molecule has 1 saturated carbocycles. The van der Waals surface area contributed by atoms with Crippen molar-refractivity contribution in [3.8, 4) is 0 Å². The zero-order chi connectivity index (χ0) is 25.0. The van der Waals surface area contributed by atoms with Crippen LogP contribution in [0.2, 0.25) is 0 Å². The number of piperidine rings is 1. The molecule has 6 rings (SSSR count). The number of aromatic nitrogens is 4. The Labute approximate surface area is 206 Å². The number of fused-ring (bicyclic) bond motifs is 2. The molecule has 1 saturated heterocycles. The molecule has 3 aromatic heterocycles. The highest BCUT2D eigenvalue weighted by Gasteiger charge is 2.67. The number of hydrogen-bond acceptors (Lipinski definition) is 7. The molecule has 8 nitrogen and oxygen atoms in total. The van der Waals surface area contributed by atoms with Crippen molar-refractivity contribution in [2.75, 3.05) is 30.3 Å². The van der Waals surface area contributed by atoms with Crippen molar-refractivity contribution in [2.45, 2.75) is 18.3 Å². The minimum atomic E-state index is -0.607. The molecule has 0 radical (unpaired) electrons. The Morgan fingerprint density at radius 2 is 1.94 bits per heavy atom. The van der Waals surface area contributed by atoms with E-state index in [-0.39, 0.29) is 28.9 Å². The zero-order valence-electron chi connectivity index (χ0n) is 19.5. The fourth-order valence-electron chi connectivity index (χ4n) is 6.26. The topological polar surface area (TPSA) is 122 Å². The van der Waals surface area contributed by atoms with Gasteiger partial charge >= 0.3 is 0 Å². The van der Waals surface area contributed by atoms with E-state index in [0.717, 1.165) is 11.9 Å². The van der Waals surface area contributed by atoms with Crippen molar-refractivity contribution in [3.05, 3.63) is 83.4 Å². The van der Waals surface area contributed by atoms with E-state index in [4.69, 9.17) is 16.9 Å². The number of nitrogens with two attached hydrogens (primary N) is 2. The first-order chi connectivity index (χ1) is 17.5. The van der Waals surface area contributed by atoms with E-state index in [9.17, 15) is 8.78 Å². The standard InChI is InChI=1S/C26H26F2N8/c27-18-4-1-5-19(28)22(18)26(8-9-29)16-7-12-35(14-17(16)26)21-13-32-24(25(31)34-21)23(30)15-3-2-11-36-20(15)6-10-33-36/h1-6,10-11,13,16-17,30H,7-9,12,14,29H2,(H2,31,34)/t16-,17?,26+/m1/s1. The van der Waals surface area contributed by atoms with Crippen molar-refractivity contribution in [1.82, 2.24) is 19.6 Å². The first-order valence-corrected chi connectivity index (χ1v) is 12.0. The summed E-state index contributed by atoms with van der Waals surface area (Å²) in [6, 6.07) is 9.51. The Balaban J connectivity index is 1.27. The van der Waals surface area contributed by atoms with E-state index in [1.54, 1.807) is 16.9 Å². The molecule has 1 aliphatic heterocycles. The summed E-state index contributed by atoms with van der Waals surface area (Å²) in [4.78, 5) is 11.1. The van der Waals surface area contributed by atoms with Crippen molar-refractivity contribution >= 4 is 22.9 Å². The molecule has 0 bridgehead atoms. The van der Waals surface area contributed by atoms with E-state index in [2.05, 4.69) is 20.0 Å². The van der Waals surface area contributed by atoms with Crippen LogP contribution in [-0.4, -0.2) is 44.9 Å². The van der Waals surface area contributed by atoms with Gasteiger partial charge in [0.15, 0.2) is 5.82 Å². The Hall–Kier alpha value is -3.92. The van der Waals surface area contributed by atoms with Crippen LogP contribution in [0.3, 0.4) is 0 Å². The van der Waals surface area contributed by atoms with E-state index in [1.807, 2.05) is 24.4 Å². The molecule has 2 fully saturated rings. The highest BCUT2D eigenvalue weighted by molar-refractivity contribution is 6.15. The van der Waals surface area contributed by atoms with Gasteiger partial charge in [0.1, 0.15) is 23.1 Å². The lowest BCUT2D eigenvalue weighted by Gasteiger charge is -2.27. The average molecular weight is 489 g/mol. The van der Waals surface area contributed by atoms with Crippen LogP contribution in [0.1, 0.15) is 29.7 Å². The van der Waals surface area contributed by atoms with Crippen LogP contribution < -0.4 is 16.4 Å². The minimum absolute atomic E-state index is 0.0571. The third kappa shape index (κ3) is 3.28. The summed E-state index contributed by atoms with van der Waals surface area (Å²) >= 11 is 0. The fraction of sp³-hybridized carbons (Fsp3) is 0.308. The molecule has 184 valence electrons. The highest BCUT2D eigenvalue weighted by atomic mass is 19.1. The predicted octanol–water partition coefficient (Wildman–Crippen LogP) is 3.14. The molecule has 1 unspecified atom stereocenters. The smallest absolute Gasteiger partial charge is 0.154 e. The van der Waals surface area contributed by atoms with Gasteiger partial charge in [0.25, 0.3) is 0 Å². The summed E-state index contributed by atoms with van der Waals surface area (Å²) in [5, 5.41) is 12.9. The molecule has 1 aromatic carbocycles. The van der Waals surface area contributed by atoms with Gasteiger partial charge in [0, 0.05) is 35.8 Å². The molecule has 0 amide bonds. The molecule has 36 heavy (non-hydrogen) atoms. The van der Waals surface area contributed by atoms with Crippen LogP contribution in [0, 0.1) is 28.9 Å². The second kappa shape index (κ2) is 8.34. The van der Waals surface area contributed by atoms with Gasteiger partial charge in [0.2, 0.25) is 0 Å². The molecular weight excluding hydrogens is 462 g/mol. The lowest BCUT2D eigenvalue weighted by molar-refractivity contribution is 0.465. The summed E-state index contributed by atoms with van der Waals surface area (Å²) in [7, 11) is 0. The van der Waals surface area contributed by atoms with Gasteiger partial charge in [-0.2, -0.15) is 5.10 Å². The monoisotopic (exact) mass is 488 g/mol. The summed E-state index contributed by atoms with van der Waals surface area (Å²) in [6.45, 7) is 1.61. The molecule has 4 heterocycles. The van der Waals surface area contributed by atoms with Gasteiger partial charge in [0.05, 0.1) is 23.6 Å². The van der Waals surface area contributed by atoms with E-state index in [1.165, 1.54) is 18.2 Å². The SMILES string of the molecule is N=C(c1ncc(N2CC[C@@H]3C(C2)[C@@]3(CCN)c2c(F)cccc2F)nc1N)c1cccn2nccc12. The Kier molecular flexibility index (Phi) is 5.22. The first-order valence-electron chi connectivity index (χ1n) is 12.0. The number of halogens is 2. The summed E-state index contributed by atoms with van der Waals surface area (Å²) in [5.41, 5.74) is 13.6. The van der Waals surface area contributed by atoms with Gasteiger partial charge in [-0.1, -0.05) is 6.07 Å². The average Bonchev–Trinajstić information content (AvgIpc) is 3.23. The maximum absolute atomic E-state index is 14.8. The highest BCUT2D eigenvalue weighted by Crippen LogP contribution is 2.66. The first kappa shape index (κ1) is 22.5. The van der Waals surface area contributed by atoms with E-state index < -0.39 is 17.0 Å². The molecule has 0 spiro atoms. The van der Waals surface area contributed by atoms with Crippen LogP contribution in [0.5, 0.6) is 0 Å². The molecule has 2 aliphatic rings. The van der Waals surface area contributed by atoms with Crippen molar-refractivity contribution < 1.29 is 8.78 Å². The minimum Gasteiger partial charge on any atom is -0.382 e. The number of anilines is 2. The third-order valence-corrected chi connectivity index (χ3v) is 7.87. The summed E-state index contributed by atoms with van der Waals surface area (Å²) < 4.78 is 31.3. The maximum Gasteiger partial charge on any atom is 0.154 e. The van der Waals surface area contributed by atoms with Gasteiger partial charge in [-0.05, 0) is 61.6 Å². The van der Waals surface area contributed by atoms with Crippen molar-refractivity contribution in [3.63, 3.8) is 0 Å². The van der Waals surface area contributed by atoms with E-state index in [0.29, 0.717) is 43.1 Å². The quantitative estimate of drug-likeness (QED) is 0.359. The molecule has 1 aliphatic carbocycles. The zero-order valence-corrected chi connectivity index (χ0v) is 19.5. The van der Waals surface area contributed by atoms with Crippen LogP contribution in [0.15, 0.2) is 55.0 Å². The predicted molar refractivity (Wildman–Crippen MR) is 133 cm³/mol. The number of nitrogens with zero attached hydrogens (tertiary/aromatic N) is 5. The normalized spacial score (nSPS) is 23.0. The Morgan fingerprint density at radius 3 is 2.69 bits per heavy atom. The number of rotatable bonds is 6. The Morgan fingerprint density at radius 1 is 1.14 bits per heavy atom. The van der Waals surface area contributed by atoms with Gasteiger partial charge in [-0.15, -0.1) is 0 Å². The van der Waals surface area contributed by atoms with E-state index >= 15 is 0 Å². The molecule has 10 heteroatoms. The molecular formula is C26H26F2N8. The van der Waals surface area contributed by atoms with Crippen molar-refractivity contribution in [2.24, 2.45) is 17.6 Å². The molecule has 3 atom stereocenters. The third-order valence-electron chi connectivity index (χ3n) is 7.87. The number of nitrogen functional groups attached to an aromatic ring is 1. The second-order valence-electron chi connectivity index (χ2n) is 9.54. The van der Waals surface area contributed by atoms with Crippen molar-refractivity contribution in [1.29, 1.82) is 5.41 Å². The van der Waals surface area contributed by atoms with Crippen LogP contribution in [0.25, 0.3) is 5.52 Å². The molecule has 5 N–H and O–H groups in total. The number of pyridine rings is 1. The lowest BCUT2D eigenvalue weighted by Crippen LogP contribution is -2.33. The lowest BCUT2D eigenvalue weighted by atomic mass is 9.87. The number of hydrogen-bond donors (Lipinski definition) is 3. The van der Waals surface area contributed by atoms with Gasteiger partial charge in [-0.25, -0.2) is 23.3 Å². The summed E-state index contributed by atoms with van der Waals surface area (Å²) in [5.74, 6) is -0.0498. The fourth-order valence-corrected chi connectivity index (χ4v) is 6.26. The molecule has 4 aromatic rings. The van der Waals surface area contributed by atoms with Gasteiger partial charge < -0.3 is 16.4 Å².